The summed E-state index contributed by atoms with van der Waals surface area (Å²) in [5.74, 6) is 0. The highest BCUT2D eigenvalue weighted by Crippen LogP contribution is 2.16. The topological polar surface area (TPSA) is 141 Å². The fourth-order valence-electron chi connectivity index (χ4n) is 4.48. The third-order valence-corrected chi connectivity index (χ3v) is 7.00. The standard InChI is InChI=1S/C32H40N10O3/c33-37-35-9-23-43-25-19-39-11-1-29(2-12-39)31-5-15-41(16-6-31)21-27-45-28-22-42-17-7-32(8-18-42)30-3-13-40(14-4-30)20-26-44-24-10-36-38-34/h1-8,11-18H,9-10,19-28H2/q+4. The van der Waals surface area contributed by atoms with Crippen LogP contribution < -0.4 is 18.3 Å². The van der Waals surface area contributed by atoms with Crippen LogP contribution in [-0.4, -0.2) is 52.7 Å². The second-order valence-electron chi connectivity index (χ2n) is 10.0. The molecule has 4 aromatic heterocycles. The van der Waals surface area contributed by atoms with Crippen molar-refractivity contribution in [2.75, 3.05) is 52.7 Å². The molecule has 0 saturated heterocycles. The average Bonchev–Trinajstić information content (AvgIpc) is 3.09. The summed E-state index contributed by atoms with van der Waals surface area (Å²) < 4.78 is 25.2. The maximum atomic E-state index is 8.28. The Hall–Kier alpha value is -4.90. The van der Waals surface area contributed by atoms with Gasteiger partial charge in [-0.05, 0) is 33.3 Å². The smallest absolute Gasteiger partial charge is 0.171 e. The highest BCUT2D eigenvalue weighted by atomic mass is 16.5. The van der Waals surface area contributed by atoms with Crippen LogP contribution in [0.1, 0.15) is 0 Å². The zero-order chi connectivity index (χ0) is 31.4. The summed E-state index contributed by atoms with van der Waals surface area (Å²) in [5.41, 5.74) is 21.2. The lowest BCUT2D eigenvalue weighted by Gasteiger charge is -2.04. The average molecular weight is 613 g/mol. The molecule has 0 unspecified atom stereocenters. The van der Waals surface area contributed by atoms with E-state index in [-0.39, 0.29) is 0 Å². The first-order chi connectivity index (χ1) is 22.2. The van der Waals surface area contributed by atoms with Crippen molar-refractivity contribution in [2.45, 2.75) is 26.2 Å². The van der Waals surface area contributed by atoms with Crippen molar-refractivity contribution in [2.24, 2.45) is 10.2 Å². The summed E-state index contributed by atoms with van der Waals surface area (Å²) in [6.45, 7) is 7.05. The fraction of sp³-hybridized carbons (Fsp3) is 0.375. The molecule has 0 radical (unpaired) electrons. The summed E-state index contributed by atoms with van der Waals surface area (Å²) in [7, 11) is 0. The number of aromatic nitrogens is 4. The van der Waals surface area contributed by atoms with E-state index in [1.165, 1.54) is 0 Å². The van der Waals surface area contributed by atoms with Gasteiger partial charge in [0.25, 0.3) is 0 Å². The molecule has 0 saturated carbocycles. The molecule has 0 aliphatic carbocycles. The molecule has 232 valence electrons. The van der Waals surface area contributed by atoms with Crippen LogP contribution >= 0.6 is 0 Å². The van der Waals surface area contributed by atoms with Crippen LogP contribution in [0.2, 0.25) is 0 Å². The number of ether oxygens (including phenoxy) is 3. The van der Waals surface area contributed by atoms with Gasteiger partial charge in [0.1, 0.15) is 26.4 Å². The van der Waals surface area contributed by atoms with Crippen molar-refractivity contribution in [3.63, 3.8) is 0 Å². The van der Waals surface area contributed by atoms with Gasteiger partial charge in [0.15, 0.2) is 75.8 Å². The Morgan fingerprint density at radius 2 is 0.667 bits per heavy atom. The van der Waals surface area contributed by atoms with E-state index in [0.29, 0.717) is 52.7 Å². The monoisotopic (exact) mass is 612 g/mol. The van der Waals surface area contributed by atoms with Gasteiger partial charge in [-0.2, -0.15) is 0 Å². The third kappa shape index (κ3) is 12.0. The molecule has 0 aliphatic rings. The molecule has 4 rings (SSSR count). The van der Waals surface area contributed by atoms with Gasteiger partial charge < -0.3 is 14.2 Å². The molecule has 0 aromatic carbocycles. The molecule has 4 heterocycles. The molecule has 13 nitrogen and oxygen atoms in total. The minimum Gasteiger partial charge on any atom is -0.375 e. The van der Waals surface area contributed by atoms with E-state index in [2.05, 4.69) is 112 Å². The van der Waals surface area contributed by atoms with Crippen molar-refractivity contribution in [3.05, 3.63) is 119 Å². The van der Waals surface area contributed by atoms with Crippen molar-refractivity contribution < 1.29 is 32.5 Å². The van der Waals surface area contributed by atoms with Crippen LogP contribution in [0.3, 0.4) is 0 Å². The van der Waals surface area contributed by atoms with Crippen LogP contribution in [0, 0.1) is 0 Å². The molecule has 0 fully saturated rings. The summed E-state index contributed by atoms with van der Waals surface area (Å²) >= 11 is 0. The minimum atomic E-state index is 0.355. The Labute approximate surface area is 262 Å². The maximum Gasteiger partial charge on any atom is 0.171 e. The van der Waals surface area contributed by atoms with Crippen molar-refractivity contribution in [1.82, 2.24) is 0 Å². The van der Waals surface area contributed by atoms with E-state index in [1.807, 2.05) is 24.8 Å². The molecule has 0 atom stereocenters. The quantitative estimate of drug-likeness (QED) is 0.0496. The maximum absolute atomic E-state index is 8.28. The van der Waals surface area contributed by atoms with E-state index in [1.54, 1.807) is 0 Å². The number of azide groups is 2. The van der Waals surface area contributed by atoms with E-state index in [4.69, 9.17) is 25.3 Å². The molecule has 0 aliphatic heterocycles. The van der Waals surface area contributed by atoms with Gasteiger partial charge in [0.05, 0.1) is 13.2 Å². The largest absolute Gasteiger partial charge is 0.375 e. The molecule has 0 spiro atoms. The lowest BCUT2D eigenvalue weighted by molar-refractivity contribution is -0.705. The molecule has 4 aromatic rings. The number of hydrogen-bond acceptors (Lipinski definition) is 5. The van der Waals surface area contributed by atoms with E-state index in [0.717, 1.165) is 48.4 Å². The second-order valence-corrected chi connectivity index (χ2v) is 10.0. The van der Waals surface area contributed by atoms with Gasteiger partial charge in [0, 0.05) is 71.4 Å². The lowest BCUT2D eigenvalue weighted by Crippen LogP contribution is -2.37. The zero-order valence-electron chi connectivity index (χ0n) is 25.4. The van der Waals surface area contributed by atoms with Crippen LogP contribution in [-0.2, 0) is 40.4 Å². The van der Waals surface area contributed by atoms with Crippen LogP contribution in [0.25, 0.3) is 43.1 Å². The molecule has 0 N–H and O–H groups in total. The van der Waals surface area contributed by atoms with Crippen molar-refractivity contribution in [3.8, 4) is 22.3 Å². The van der Waals surface area contributed by atoms with Crippen LogP contribution in [0.4, 0.5) is 0 Å². The van der Waals surface area contributed by atoms with E-state index >= 15 is 0 Å². The molecule has 13 heteroatoms. The fourth-order valence-corrected chi connectivity index (χ4v) is 4.48. The Morgan fingerprint density at radius 3 is 0.911 bits per heavy atom. The Morgan fingerprint density at radius 1 is 0.422 bits per heavy atom. The van der Waals surface area contributed by atoms with Gasteiger partial charge in [-0.3, -0.25) is 0 Å². The highest BCUT2D eigenvalue weighted by Gasteiger charge is 2.08. The molecule has 45 heavy (non-hydrogen) atoms. The highest BCUT2D eigenvalue weighted by molar-refractivity contribution is 5.61. The predicted molar refractivity (Wildman–Crippen MR) is 165 cm³/mol. The Kier molecular flexibility index (Phi) is 14.2. The van der Waals surface area contributed by atoms with Gasteiger partial charge in [-0.1, -0.05) is 10.2 Å². The summed E-state index contributed by atoms with van der Waals surface area (Å²) in [4.78, 5) is 5.42. The van der Waals surface area contributed by atoms with Gasteiger partial charge in [0.2, 0.25) is 0 Å². The van der Waals surface area contributed by atoms with Crippen LogP contribution in [0.15, 0.2) is 108 Å². The first-order valence-electron chi connectivity index (χ1n) is 15.0. The van der Waals surface area contributed by atoms with Gasteiger partial charge in [-0.25, -0.2) is 18.3 Å². The Bertz CT molecular complexity index is 1400. The number of hydrogen-bond donors (Lipinski definition) is 0. The molecular formula is C32H40N10O3+4. The Balaban J connectivity index is 1.11. The SMILES string of the molecule is [N-]=[N+]=NCCOCC[n+]1ccc(-c2cc[n+](CCOCC[n+]3ccc(-c4cc[n+](CCOCCN=[N+]=[N-])cc4)cc3)cc2)cc1. The van der Waals surface area contributed by atoms with Crippen molar-refractivity contribution >= 4 is 0 Å². The van der Waals surface area contributed by atoms with Crippen LogP contribution in [0.5, 0.6) is 0 Å². The normalized spacial score (nSPS) is 10.7. The summed E-state index contributed by atoms with van der Waals surface area (Å²) in [6.07, 6.45) is 16.5. The number of rotatable bonds is 20. The molecule has 0 bridgehead atoms. The summed E-state index contributed by atoms with van der Waals surface area (Å²) in [6, 6.07) is 16.9. The number of pyridine rings is 4. The first kappa shape index (κ1) is 33.0. The third-order valence-electron chi connectivity index (χ3n) is 7.00. The summed E-state index contributed by atoms with van der Waals surface area (Å²) in [5, 5.41) is 6.91. The van der Waals surface area contributed by atoms with E-state index in [9.17, 15) is 0 Å². The van der Waals surface area contributed by atoms with Crippen molar-refractivity contribution in [1.29, 1.82) is 0 Å². The van der Waals surface area contributed by atoms with Gasteiger partial charge in [-0.15, -0.1) is 0 Å². The second kappa shape index (κ2) is 19.4. The zero-order valence-corrected chi connectivity index (χ0v) is 25.4. The molecular weight excluding hydrogens is 572 g/mol. The lowest BCUT2D eigenvalue weighted by atomic mass is 10.1. The first-order valence-corrected chi connectivity index (χ1v) is 15.0. The van der Waals surface area contributed by atoms with E-state index < -0.39 is 0 Å². The number of nitrogens with zero attached hydrogens (tertiary/aromatic N) is 10. The predicted octanol–water partition coefficient (Wildman–Crippen LogP) is 3.54. The molecule has 0 amide bonds. The minimum absolute atomic E-state index is 0.355. The van der Waals surface area contributed by atoms with Gasteiger partial charge >= 0.3 is 0 Å².